The molecule has 3 nitrogen and oxygen atoms in total. The van der Waals surface area contributed by atoms with Crippen molar-refractivity contribution in [2.24, 2.45) is 5.92 Å². The molecule has 1 atom stereocenters. The standard InChI is InChI=1S/C18H20BrNO2/c1-11(2)17(16-9-6-14(19)10-12(16)3)20-15-7-4-13(5-8-15)18(21)22/h4-11,17,20H,1-3H3,(H,21,22). The molecule has 2 aromatic carbocycles. The van der Waals surface area contributed by atoms with Gasteiger partial charge in [-0.3, -0.25) is 0 Å². The number of nitrogens with one attached hydrogen (secondary N) is 1. The lowest BCUT2D eigenvalue weighted by Gasteiger charge is -2.26. The van der Waals surface area contributed by atoms with Crippen LogP contribution in [0.4, 0.5) is 5.69 Å². The number of carboxylic acids is 1. The third-order valence-electron chi connectivity index (χ3n) is 3.69. The molecule has 2 rings (SSSR count). The van der Waals surface area contributed by atoms with Crippen LogP contribution in [0, 0.1) is 12.8 Å². The molecule has 0 amide bonds. The fourth-order valence-electron chi connectivity index (χ4n) is 2.48. The van der Waals surface area contributed by atoms with E-state index in [2.05, 4.69) is 54.2 Å². The smallest absolute Gasteiger partial charge is 0.335 e. The first-order valence-electron chi connectivity index (χ1n) is 7.24. The van der Waals surface area contributed by atoms with Crippen molar-refractivity contribution < 1.29 is 9.90 Å². The Kier molecular flexibility index (Phi) is 5.24. The normalized spacial score (nSPS) is 12.2. The molecule has 1 unspecified atom stereocenters. The third-order valence-corrected chi connectivity index (χ3v) is 4.18. The average Bonchev–Trinajstić information content (AvgIpc) is 2.45. The van der Waals surface area contributed by atoms with E-state index in [0.717, 1.165) is 10.2 Å². The molecule has 116 valence electrons. The summed E-state index contributed by atoms with van der Waals surface area (Å²) in [6, 6.07) is 13.3. The van der Waals surface area contributed by atoms with Crippen LogP contribution in [0.25, 0.3) is 0 Å². The molecule has 4 heteroatoms. The van der Waals surface area contributed by atoms with Crippen molar-refractivity contribution in [1.82, 2.24) is 0 Å². The Morgan fingerprint density at radius 1 is 1.14 bits per heavy atom. The van der Waals surface area contributed by atoms with Gasteiger partial charge in [0.05, 0.1) is 11.6 Å². The maximum absolute atomic E-state index is 10.9. The molecule has 0 saturated heterocycles. The summed E-state index contributed by atoms with van der Waals surface area (Å²) < 4.78 is 1.07. The molecular formula is C18H20BrNO2. The van der Waals surface area contributed by atoms with Crippen LogP contribution in [0.5, 0.6) is 0 Å². The van der Waals surface area contributed by atoms with Crippen LogP contribution in [0.3, 0.4) is 0 Å². The topological polar surface area (TPSA) is 49.3 Å². The summed E-state index contributed by atoms with van der Waals surface area (Å²) in [5.41, 5.74) is 3.70. The molecule has 22 heavy (non-hydrogen) atoms. The molecule has 0 heterocycles. The highest BCUT2D eigenvalue weighted by molar-refractivity contribution is 9.10. The summed E-state index contributed by atoms with van der Waals surface area (Å²) in [5, 5.41) is 12.5. The summed E-state index contributed by atoms with van der Waals surface area (Å²) in [4.78, 5) is 10.9. The van der Waals surface area contributed by atoms with Crippen molar-refractivity contribution in [3.05, 3.63) is 63.6 Å². The summed E-state index contributed by atoms with van der Waals surface area (Å²) in [7, 11) is 0. The minimum atomic E-state index is -0.907. The van der Waals surface area contributed by atoms with E-state index in [-0.39, 0.29) is 6.04 Å². The zero-order valence-corrected chi connectivity index (χ0v) is 14.5. The maximum Gasteiger partial charge on any atom is 0.335 e. The monoisotopic (exact) mass is 361 g/mol. The highest BCUT2D eigenvalue weighted by atomic mass is 79.9. The predicted octanol–water partition coefficient (Wildman–Crippen LogP) is 5.26. The second kappa shape index (κ2) is 6.97. The molecule has 0 aliphatic rings. The van der Waals surface area contributed by atoms with Crippen molar-refractivity contribution in [2.45, 2.75) is 26.8 Å². The zero-order chi connectivity index (χ0) is 16.3. The molecule has 0 radical (unpaired) electrons. The molecule has 0 aliphatic heterocycles. The van der Waals surface area contributed by atoms with Gasteiger partial charge in [0.2, 0.25) is 0 Å². The van der Waals surface area contributed by atoms with Gasteiger partial charge >= 0.3 is 5.97 Å². The molecule has 0 saturated carbocycles. The predicted molar refractivity (Wildman–Crippen MR) is 93.5 cm³/mol. The van der Waals surface area contributed by atoms with Gasteiger partial charge in [-0.2, -0.15) is 0 Å². The minimum absolute atomic E-state index is 0.170. The minimum Gasteiger partial charge on any atom is -0.478 e. The van der Waals surface area contributed by atoms with E-state index in [1.807, 2.05) is 18.2 Å². The van der Waals surface area contributed by atoms with Gasteiger partial charge in [-0.15, -0.1) is 0 Å². The summed E-state index contributed by atoms with van der Waals surface area (Å²) in [5.74, 6) is -0.505. The highest BCUT2D eigenvalue weighted by Crippen LogP contribution is 2.30. The van der Waals surface area contributed by atoms with Crippen molar-refractivity contribution in [2.75, 3.05) is 5.32 Å². The average molecular weight is 362 g/mol. The third kappa shape index (κ3) is 3.89. The van der Waals surface area contributed by atoms with Gasteiger partial charge in [0.1, 0.15) is 0 Å². The SMILES string of the molecule is Cc1cc(Br)ccc1C(Nc1ccc(C(=O)O)cc1)C(C)C. The van der Waals surface area contributed by atoms with Crippen molar-refractivity contribution in [3.8, 4) is 0 Å². The van der Waals surface area contributed by atoms with E-state index >= 15 is 0 Å². The maximum atomic E-state index is 10.9. The van der Waals surface area contributed by atoms with Crippen molar-refractivity contribution in [1.29, 1.82) is 0 Å². The van der Waals surface area contributed by atoms with Crippen LogP contribution >= 0.6 is 15.9 Å². The number of carboxylic acid groups (broad SMARTS) is 1. The van der Waals surface area contributed by atoms with E-state index in [4.69, 9.17) is 5.11 Å². The van der Waals surface area contributed by atoms with Crippen LogP contribution in [0.15, 0.2) is 46.9 Å². The molecular weight excluding hydrogens is 342 g/mol. The van der Waals surface area contributed by atoms with E-state index in [1.54, 1.807) is 12.1 Å². The van der Waals surface area contributed by atoms with Crippen LogP contribution in [-0.4, -0.2) is 11.1 Å². The summed E-state index contributed by atoms with van der Waals surface area (Å²) in [6.45, 7) is 6.44. The van der Waals surface area contributed by atoms with Crippen LogP contribution < -0.4 is 5.32 Å². The van der Waals surface area contributed by atoms with Gasteiger partial charge in [-0.05, 0) is 60.4 Å². The number of hydrogen-bond donors (Lipinski definition) is 2. The molecule has 0 spiro atoms. The number of halogens is 1. The largest absolute Gasteiger partial charge is 0.478 e. The highest BCUT2D eigenvalue weighted by Gasteiger charge is 2.18. The van der Waals surface area contributed by atoms with Gasteiger partial charge < -0.3 is 10.4 Å². The molecule has 0 bridgehead atoms. The fourth-order valence-corrected chi connectivity index (χ4v) is 2.96. The van der Waals surface area contributed by atoms with E-state index in [0.29, 0.717) is 11.5 Å². The molecule has 2 aromatic rings. The lowest BCUT2D eigenvalue weighted by atomic mass is 9.92. The first-order valence-corrected chi connectivity index (χ1v) is 8.03. The molecule has 0 aromatic heterocycles. The summed E-state index contributed by atoms with van der Waals surface area (Å²) >= 11 is 3.49. The number of aromatic carboxylic acids is 1. The molecule has 0 aliphatic carbocycles. The van der Waals surface area contributed by atoms with E-state index < -0.39 is 5.97 Å². The number of benzene rings is 2. The first kappa shape index (κ1) is 16.6. The van der Waals surface area contributed by atoms with Gasteiger partial charge in [0.15, 0.2) is 0 Å². The lowest BCUT2D eigenvalue weighted by molar-refractivity contribution is 0.0697. The molecule has 0 fully saturated rings. The zero-order valence-electron chi connectivity index (χ0n) is 12.9. The molecule has 2 N–H and O–H groups in total. The van der Waals surface area contributed by atoms with Crippen LogP contribution in [-0.2, 0) is 0 Å². The Balaban J connectivity index is 2.27. The van der Waals surface area contributed by atoms with Gasteiger partial charge in [-0.1, -0.05) is 35.8 Å². The van der Waals surface area contributed by atoms with Gasteiger partial charge in [0, 0.05) is 10.2 Å². The fraction of sp³-hybridized carbons (Fsp3) is 0.278. The lowest BCUT2D eigenvalue weighted by Crippen LogP contribution is -2.18. The Bertz CT molecular complexity index is 665. The Morgan fingerprint density at radius 2 is 1.77 bits per heavy atom. The van der Waals surface area contributed by atoms with Crippen molar-refractivity contribution >= 4 is 27.6 Å². The number of hydrogen-bond acceptors (Lipinski definition) is 2. The van der Waals surface area contributed by atoms with E-state index in [1.165, 1.54) is 11.1 Å². The Labute approximate surface area is 139 Å². The number of anilines is 1. The second-order valence-electron chi connectivity index (χ2n) is 5.75. The number of rotatable bonds is 5. The quantitative estimate of drug-likeness (QED) is 0.762. The Morgan fingerprint density at radius 3 is 2.27 bits per heavy atom. The number of carbonyl (C=O) groups is 1. The van der Waals surface area contributed by atoms with E-state index in [9.17, 15) is 4.79 Å². The van der Waals surface area contributed by atoms with Crippen LogP contribution in [0.2, 0.25) is 0 Å². The van der Waals surface area contributed by atoms with Crippen LogP contribution in [0.1, 0.15) is 41.4 Å². The van der Waals surface area contributed by atoms with Gasteiger partial charge in [-0.25, -0.2) is 4.79 Å². The van der Waals surface area contributed by atoms with Crippen molar-refractivity contribution in [3.63, 3.8) is 0 Å². The second-order valence-corrected chi connectivity index (χ2v) is 6.67. The first-order chi connectivity index (χ1) is 10.4. The van der Waals surface area contributed by atoms with Gasteiger partial charge in [0.25, 0.3) is 0 Å². The number of aryl methyl sites for hydroxylation is 1. The Hall–Kier alpha value is -1.81. The summed E-state index contributed by atoms with van der Waals surface area (Å²) in [6.07, 6.45) is 0.